The number of hydrogen-bond acceptors (Lipinski definition) is 2. The lowest BCUT2D eigenvalue weighted by molar-refractivity contribution is -0.142. The van der Waals surface area contributed by atoms with Crippen LogP contribution in [0.1, 0.15) is 46.0 Å². The molecule has 1 atom stereocenters. The molecule has 0 fully saturated rings. The maximum absolute atomic E-state index is 11.1. The van der Waals surface area contributed by atoms with Crippen LogP contribution in [0.15, 0.2) is 0 Å². The van der Waals surface area contributed by atoms with Crippen LogP contribution in [0.4, 0.5) is 0 Å². The van der Waals surface area contributed by atoms with Gasteiger partial charge in [0, 0.05) is 6.42 Å². The zero-order valence-electron chi connectivity index (χ0n) is 8.88. The molecule has 1 amide bonds. The van der Waals surface area contributed by atoms with Crippen molar-refractivity contribution in [1.29, 1.82) is 0 Å². The molecule has 82 valence electrons. The fourth-order valence-electron chi connectivity index (χ4n) is 1.16. The Balaban J connectivity index is 3.95. The summed E-state index contributed by atoms with van der Waals surface area (Å²) in [5.74, 6) is -1.11. The molecular weight excluding hydrogens is 182 g/mol. The van der Waals surface area contributed by atoms with Gasteiger partial charge in [0.05, 0.1) is 0 Å². The monoisotopic (exact) mass is 201 g/mol. The van der Waals surface area contributed by atoms with E-state index >= 15 is 0 Å². The van der Waals surface area contributed by atoms with E-state index in [-0.39, 0.29) is 5.91 Å². The van der Waals surface area contributed by atoms with Gasteiger partial charge in [-0.15, -0.1) is 0 Å². The predicted molar refractivity (Wildman–Crippen MR) is 54.0 cm³/mol. The molecule has 0 spiro atoms. The highest BCUT2D eigenvalue weighted by atomic mass is 16.4. The smallest absolute Gasteiger partial charge is 0.326 e. The predicted octanol–water partition coefficient (Wildman–Crippen LogP) is 1.55. The van der Waals surface area contributed by atoms with Crippen LogP contribution in [-0.2, 0) is 9.59 Å². The molecule has 0 radical (unpaired) electrons. The minimum absolute atomic E-state index is 0.170. The van der Waals surface area contributed by atoms with Gasteiger partial charge in [-0.2, -0.15) is 0 Å². The average Bonchev–Trinajstić information content (AvgIpc) is 2.12. The van der Waals surface area contributed by atoms with Crippen molar-refractivity contribution in [2.75, 3.05) is 0 Å². The van der Waals surface area contributed by atoms with Crippen LogP contribution in [0.2, 0.25) is 0 Å². The Bertz CT molecular complexity index is 192. The fourth-order valence-corrected chi connectivity index (χ4v) is 1.16. The van der Waals surface area contributed by atoms with Crippen molar-refractivity contribution < 1.29 is 14.7 Å². The van der Waals surface area contributed by atoms with Gasteiger partial charge < -0.3 is 10.4 Å². The van der Waals surface area contributed by atoms with E-state index in [0.29, 0.717) is 12.8 Å². The van der Waals surface area contributed by atoms with Gasteiger partial charge in [0.1, 0.15) is 6.04 Å². The minimum Gasteiger partial charge on any atom is -0.480 e. The SMILES string of the molecule is CCCC[C@H](NC(=O)CCC)C(=O)O. The highest BCUT2D eigenvalue weighted by molar-refractivity contribution is 5.83. The topological polar surface area (TPSA) is 66.4 Å². The zero-order valence-corrected chi connectivity index (χ0v) is 8.88. The molecule has 0 aromatic carbocycles. The van der Waals surface area contributed by atoms with Crippen LogP contribution >= 0.6 is 0 Å². The first-order valence-corrected chi connectivity index (χ1v) is 5.14. The van der Waals surface area contributed by atoms with Crippen LogP contribution in [0.25, 0.3) is 0 Å². The standard InChI is InChI=1S/C10H19NO3/c1-3-5-7-8(10(13)14)11-9(12)6-4-2/h8H,3-7H2,1-2H3,(H,11,12)(H,13,14)/t8-/m0/s1. The summed E-state index contributed by atoms with van der Waals surface area (Å²) in [6.07, 6.45) is 3.42. The molecular formula is C10H19NO3. The number of unbranched alkanes of at least 4 members (excludes halogenated alkanes) is 1. The van der Waals surface area contributed by atoms with Gasteiger partial charge in [0.2, 0.25) is 5.91 Å². The highest BCUT2D eigenvalue weighted by Crippen LogP contribution is 2.01. The maximum Gasteiger partial charge on any atom is 0.326 e. The summed E-state index contributed by atoms with van der Waals surface area (Å²) in [5, 5.41) is 11.3. The second kappa shape index (κ2) is 7.35. The Labute approximate surface area is 84.7 Å². The fraction of sp³-hybridized carbons (Fsp3) is 0.800. The summed E-state index contributed by atoms with van der Waals surface area (Å²) in [4.78, 5) is 21.9. The van der Waals surface area contributed by atoms with Crippen molar-refractivity contribution in [3.8, 4) is 0 Å². The maximum atomic E-state index is 11.1. The summed E-state index contributed by atoms with van der Waals surface area (Å²) in [6, 6.07) is -0.714. The molecule has 0 bridgehead atoms. The number of nitrogens with one attached hydrogen (secondary N) is 1. The van der Waals surface area contributed by atoms with Gasteiger partial charge in [-0.3, -0.25) is 4.79 Å². The number of hydrogen-bond donors (Lipinski definition) is 2. The molecule has 0 aromatic rings. The molecule has 14 heavy (non-hydrogen) atoms. The summed E-state index contributed by atoms with van der Waals surface area (Å²) in [5.41, 5.74) is 0. The van der Waals surface area contributed by atoms with Crippen molar-refractivity contribution >= 4 is 11.9 Å². The van der Waals surface area contributed by atoms with Gasteiger partial charge in [-0.05, 0) is 12.8 Å². The average molecular weight is 201 g/mol. The summed E-state index contributed by atoms with van der Waals surface area (Å²) >= 11 is 0. The Hall–Kier alpha value is -1.06. The molecule has 0 unspecified atom stereocenters. The molecule has 0 aliphatic carbocycles. The number of amides is 1. The lowest BCUT2D eigenvalue weighted by Gasteiger charge is -2.13. The summed E-state index contributed by atoms with van der Waals surface area (Å²) in [6.45, 7) is 3.88. The van der Waals surface area contributed by atoms with E-state index in [1.807, 2.05) is 13.8 Å². The molecule has 0 aromatic heterocycles. The molecule has 4 heteroatoms. The third-order valence-electron chi connectivity index (χ3n) is 1.96. The van der Waals surface area contributed by atoms with Crippen molar-refractivity contribution in [1.82, 2.24) is 5.32 Å². The quantitative estimate of drug-likeness (QED) is 0.656. The number of aliphatic carboxylic acids is 1. The van der Waals surface area contributed by atoms with E-state index < -0.39 is 12.0 Å². The molecule has 0 saturated carbocycles. The number of carbonyl (C=O) groups excluding carboxylic acids is 1. The normalized spacial score (nSPS) is 12.1. The number of rotatable bonds is 7. The van der Waals surface area contributed by atoms with Gasteiger partial charge in [-0.25, -0.2) is 4.79 Å². The van der Waals surface area contributed by atoms with E-state index in [9.17, 15) is 9.59 Å². The molecule has 0 aliphatic rings. The molecule has 0 saturated heterocycles. The van der Waals surface area contributed by atoms with Crippen molar-refractivity contribution in [3.63, 3.8) is 0 Å². The largest absolute Gasteiger partial charge is 0.480 e. The Morgan fingerprint density at radius 1 is 1.29 bits per heavy atom. The Kier molecular flexibility index (Phi) is 6.80. The van der Waals surface area contributed by atoms with E-state index in [1.54, 1.807) is 0 Å². The van der Waals surface area contributed by atoms with E-state index in [2.05, 4.69) is 5.32 Å². The minimum atomic E-state index is -0.942. The second-order valence-corrected chi connectivity index (χ2v) is 3.35. The van der Waals surface area contributed by atoms with Gasteiger partial charge in [0.25, 0.3) is 0 Å². The lowest BCUT2D eigenvalue weighted by atomic mass is 10.1. The number of carboxylic acids is 1. The molecule has 0 rings (SSSR count). The summed E-state index contributed by atoms with van der Waals surface area (Å²) < 4.78 is 0. The zero-order chi connectivity index (χ0) is 11.0. The van der Waals surface area contributed by atoms with Gasteiger partial charge >= 0.3 is 5.97 Å². The highest BCUT2D eigenvalue weighted by Gasteiger charge is 2.18. The van der Waals surface area contributed by atoms with Gasteiger partial charge in [0.15, 0.2) is 0 Å². The lowest BCUT2D eigenvalue weighted by Crippen LogP contribution is -2.40. The Morgan fingerprint density at radius 3 is 2.36 bits per heavy atom. The van der Waals surface area contributed by atoms with Crippen molar-refractivity contribution in [3.05, 3.63) is 0 Å². The number of carbonyl (C=O) groups is 2. The van der Waals surface area contributed by atoms with Crippen molar-refractivity contribution in [2.45, 2.75) is 52.0 Å². The molecule has 4 nitrogen and oxygen atoms in total. The first-order chi connectivity index (χ1) is 6.61. The molecule has 0 heterocycles. The third kappa shape index (κ3) is 5.56. The Morgan fingerprint density at radius 2 is 1.93 bits per heavy atom. The first kappa shape index (κ1) is 12.9. The third-order valence-corrected chi connectivity index (χ3v) is 1.96. The van der Waals surface area contributed by atoms with Gasteiger partial charge in [-0.1, -0.05) is 26.7 Å². The van der Waals surface area contributed by atoms with E-state index in [0.717, 1.165) is 19.3 Å². The van der Waals surface area contributed by atoms with Crippen LogP contribution in [0.5, 0.6) is 0 Å². The second-order valence-electron chi connectivity index (χ2n) is 3.35. The summed E-state index contributed by atoms with van der Waals surface area (Å²) in [7, 11) is 0. The van der Waals surface area contributed by atoms with Crippen LogP contribution in [0.3, 0.4) is 0 Å². The van der Waals surface area contributed by atoms with E-state index in [1.165, 1.54) is 0 Å². The van der Waals surface area contributed by atoms with Crippen LogP contribution < -0.4 is 5.32 Å². The van der Waals surface area contributed by atoms with Crippen LogP contribution in [0, 0.1) is 0 Å². The molecule has 2 N–H and O–H groups in total. The van der Waals surface area contributed by atoms with Crippen molar-refractivity contribution in [2.24, 2.45) is 0 Å². The number of carboxylic acid groups (broad SMARTS) is 1. The molecule has 0 aliphatic heterocycles. The van der Waals surface area contributed by atoms with E-state index in [4.69, 9.17) is 5.11 Å². The first-order valence-electron chi connectivity index (χ1n) is 5.14. The van der Waals surface area contributed by atoms with Crippen LogP contribution in [-0.4, -0.2) is 23.0 Å².